The molecule has 0 saturated carbocycles. The molecule has 6 nitrogen and oxygen atoms in total. The van der Waals surface area contributed by atoms with E-state index in [0.717, 1.165) is 53.7 Å². The molecule has 1 fully saturated rings. The summed E-state index contributed by atoms with van der Waals surface area (Å²) in [5.74, 6) is 1.13. The Bertz CT molecular complexity index is 1060. The summed E-state index contributed by atoms with van der Waals surface area (Å²) in [5, 5.41) is 9.10. The second-order valence-corrected chi connectivity index (χ2v) is 8.50. The van der Waals surface area contributed by atoms with Gasteiger partial charge in [0.25, 0.3) is 0 Å². The van der Waals surface area contributed by atoms with Gasteiger partial charge in [-0.1, -0.05) is 0 Å². The third-order valence-corrected chi connectivity index (χ3v) is 6.51. The van der Waals surface area contributed by atoms with Crippen LogP contribution in [0.15, 0.2) is 48.7 Å². The van der Waals surface area contributed by atoms with E-state index in [4.69, 9.17) is 14.6 Å². The topological polar surface area (TPSA) is 71.9 Å². The van der Waals surface area contributed by atoms with E-state index in [9.17, 15) is 4.79 Å². The number of benzene rings is 1. The van der Waals surface area contributed by atoms with Crippen molar-refractivity contribution in [1.29, 1.82) is 0 Å². The molecule has 0 bridgehead atoms. The zero-order chi connectivity index (χ0) is 19.8. The number of carbonyl (C=O) groups is 1. The van der Waals surface area contributed by atoms with Crippen molar-refractivity contribution < 1.29 is 19.4 Å². The minimum absolute atomic E-state index is 0.266. The molecule has 0 amide bonds. The SMILES string of the molecule is O=C(O)c1ccc(CN2CCC(c3ccnc(-c4ccc5c(c4)OCO5)c3)C2)s1. The molecular weight excluding hydrogens is 388 g/mol. The van der Waals surface area contributed by atoms with Crippen LogP contribution >= 0.6 is 11.3 Å². The first-order valence-corrected chi connectivity index (χ1v) is 10.4. The van der Waals surface area contributed by atoms with Crippen molar-refractivity contribution in [2.75, 3.05) is 19.9 Å². The number of likely N-dealkylation sites (tertiary alicyclic amines) is 1. The second-order valence-electron chi connectivity index (χ2n) is 7.33. The molecule has 0 radical (unpaired) electrons. The number of ether oxygens (including phenoxy) is 2. The van der Waals surface area contributed by atoms with E-state index in [-0.39, 0.29) is 6.79 Å². The number of hydrogen-bond donors (Lipinski definition) is 1. The number of carboxylic acids is 1. The molecule has 148 valence electrons. The Morgan fingerprint density at radius 3 is 2.93 bits per heavy atom. The van der Waals surface area contributed by atoms with Gasteiger partial charge in [0.15, 0.2) is 11.5 Å². The van der Waals surface area contributed by atoms with Gasteiger partial charge in [-0.15, -0.1) is 11.3 Å². The number of nitrogens with zero attached hydrogens (tertiary/aromatic N) is 2. The quantitative estimate of drug-likeness (QED) is 0.681. The van der Waals surface area contributed by atoms with E-state index in [0.29, 0.717) is 10.8 Å². The highest BCUT2D eigenvalue weighted by atomic mass is 32.1. The first-order valence-electron chi connectivity index (χ1n) is 9.56. The summed E-state index contributed by atoms with van der Waals surface area (Å²) < 4.78 is 10.9. The predicted octanol–water partition coefficient (Wildman–Crippen LogP) is 4.23. The summed E-state index contributed by atoms with van der Waals surface area (Å²) in [6, 6.07) is 13.8. The number of carboxylic acid groups (broad SMARTS) is 1. The fraction of sp³-hybridized carbons (Fsp3) is 0.273. The van der Waals surface area contributed by atoms with Gasteiger partial charge in [-0.25, -0.2) is 4.79 Å². The van der Waals surface area contributed by atoms with Gasteiger partial charge in [-0.2, -0.15) is 0 Å². The Balaban J connectivity index is 1.29. The number of rotatable bonds is 5. The van der Waals surface area contributed by atoms with E-state index >= 15 is 0 Å². The number of aromatic carboxylic acids is 1. The third-order valence-electron chi connectivity index (χ3n) is 5.45. The lowest BCUT2D eigenvalue weighted by molar-refractivity contribution is 0.0702. The number of hydrogen-bond acceptors (Lipinski definition) is 6. The summed E-state index contributed by atoms with van der Waals surface area (Å²) >= 11 is 1.36. The zero-order valence-electron chi connectivity index (χ0n) is 15.7. The number of aromatic nitrogens is 1. The first-order chi connectivity index (χ1) is 14.2. The molecule has 1 saturated heterocycles. The van der Waals surface area contributed by atoms with Crippen LogP contribution < -0.4 is 9.47 Å². The summed E-state index contributed by atoms with van der Waals surface area (Å²) in [7, 11) is 0. The maximum atomic E-state index is 11.1. The van der Waals surface area contributed by atoms with Crippen molar-refractivity contribution in [3.05, 3.63) is 64.0 Å². The van der Waals surface area contributed by atoms with Crippen molar-refractivity contribution >= 4 is 17.3 Å². The fourth-order valence-corrected chi connectivity index (χ4v) is 4.85. The molecule has 1 N–H and O–H groups in total. The molecule has 4 heterocycles. The van der Waals surface area contributed by atoms with Crippen molar-refractivity contribution in [2.45, 2.75) is 18.9 Å². The van der Waals surface area contributed by atoms with E-state index in [2.05, 4.69) is 22.0 Å². The molecule has 7 heteroatoms. The van der Waals surface area contributed by atoms with Crippen molar-refractivity contribution in [2.24, 2.45) is 0 Å². The molecule has 2 aromatic heterocycles. The van der Waals surface area contributed by atoms with Gasteiger partial charge in [0.2, 0.25) is 6.79 Å². The van der Waals surface area contributed by atoms with Crippen LogP contribution in [0.4, 0.5) is 0 Å². The lowest BCUT2D eigenvalue weighted by Gasteiger charge is -2.15. The Hall–Kier alpha value is -2.90. The highest BCUT2D eigenvalue weighted by Gasteiger charge is 2.25. The molecule has 2 aliphatic heterocycles. The first kappa shape index (κ1) is 18.1. The van der Waals surface area contributed by atoms with Gasteiger partial charge in [-0.05, 0) is 66.9 Å². The Morgan fingerprint density at radius 2 is 2.07 bits per heavy atom. The Labute approximate surface area is 172 Å². The van der Waals surface area contributed by atoms with Gasteiger partial charge in [0.05, 0.1) is 5.69 Å². The monoisotopic (exact) mass is 408 g/mol. The van der Waals surface area contributed by atoms with E-state index in [1.54, 1.807) is 6.07 Å². The summed E-state index contributed by atoms with van der Waals surface area (Å²) in [6.45, 7) is 3.04. The molecule has 1 atom stereocenters. The smallest absolute Gasteiger partial charge is 0.345 e. The van der Waals surface area contributed by atoms with Crippen LogP contribution in [-0.2, 0) is 6.54 Å². The highest BCUT2D eigenvalue weighted by molar-refractivity contribution is 7.13. The van der Waals surface area contributed by atoms with E-state index < -0.39 is 5.97 Å². The fourth-order valence-electron chi connectivity index (χ4n) is 3.96. The van der Waals surface area contributed by atoms with Crippen LogP contribution in [-0.4, -0.2) is 40.8 Å². The van der Waals surface area contributed by atoms with Crippen molar-refractivity contribution in [1.82, 2.24) is 9.88 Å². The summed E-state index contributed by atoms with van der Waals surface area (Å²) in [4.78, 5) is 19.5. The summed E-state index contributed by atoms with van der Waals surface area (Å²) in [5.41, 5.74) is 3.24. The van der Waals surface area contributed by atoms with E-state index in [1.807, 2.05) is 30.5 Å². The number of thiophene rings is 1. The number of pyridine rings is 1. The van der Waals surface area contributed by atoms with Crippen LogP contribution in [0.3, 0.4) is 0 Å². The standard InChI is InChI=1S/C22H20N2O4S/c25-22(26)21-4-2-17(29-21)12-24-8-6-16(11-24)14-5-7-23-18(9-14)15-1-3-19-20(10-15)28-13-27-19/h1-5,7,9-10,16H,6,8,11-13H2,(H,25,26). The minimum Gasteiger partial charge on any atom is -0.477 e. The van der Waals surface area contributed by atoms with Crippen LogP contribution in [0.2, 0.25) is 0 Å². The molecule has 5 rings (SSSR count). The van der Waals surface area contributed by atoms with Crippen LogP contribution in [0.5, 0.6) is 11.5 Å². The van der Waals surface area contributed by atoms with Gasteiger partial charge < -0.3 is 14.6 Å². The third kappa shape index (κ3) is 3.71. The zero-order valence-corrected chi connectivity index (χ0v) is 16.5. The predicted molar refractivity (Wildman–Crippen MR) is 110 cm³/mol. The normalized spacial score (nSPS) is 18.3. The Morgan fingerprint density at radius 1 is 1.17 bits per heavy atom. The molecule has 3 aromatic rings. The molecular formula is C22H20N2O4S. The number of fused-ring (bicyclic) bond motifs is 1. The Kier molecular flexibility index (Phi) is 4.69. The molecule has 1 unspecified atom stereocenters. The van der Waals surface area contributed by atoms with E-state index in [1.165, 1.54) is 16.9 Å². The molecule has 0 aliphatic carbocycles. The molecule has 1 aromatic carbocycles. The molecule has 2 aliphatic rings. The molecule has 0 spiro atoms. The van der Waals surface area contributed by atoms with Gasteiger partial charge in [0, 0.05) is 29.7 Å². The van der Waals surface area contributed by atoms with Crippen LogP contribution in [0.25, 0.3) is 11.3 Å². The van der Waals surface area contributed by atoms with Crippen molar-refractivity contribution in [3.63, 3.8) is 0 Å². The van der Waals surface area contributed by atoms with Crippen molar-refractivity contribution in [3.8, 4) is 22.8 Å². The largest absolute Gasteiger partial charge is 0.477 e. The maximum Gasteiger partial charge on any atom is 0.345 e. The lowest BCUT2D eigenvalue weighted by atomic mass is 9.97. The highest BCUT2D eigenvalue weighted by Crippen LogP contribution is 2.36. The van der Waals surface area contributed by atoms with Gasteiger partial charge >= 0.3 is 5.97 Å². The minimum atomic E-state index is -0.853. The average molecular weight is 408 g/mol. The summed E-state index contributed by atoms with van der Waals surface area (Å²) in [6.07, 6.45) is 2.96. The van der Waals surface area contributed by atoms with Gasteiger partial charge in [0.1, 0.15) is 4.88 Å². The molecule has 29 heavy (non-hydrogen) atoms. The average Bonchev–Trinajstić information content (AvgIpc) is 3.48. The van der Waals surface area contributed by atoms with Crippen LogP contribution in [0, 0.1) is 0 Å². The second kappa shape index (κ2) is 7.50. The lowest BCUT2D eigenvalue weighted by Crippen LogP contribution is -2.19. The van der Waals surface area contributed by atoms with Gasteiger partial charge in [-0.3, -0.25) is 9.88 Å². The van der Waals surface area contributed by atoms with Crippen LogP contribution in [0.1, 0.15) is 32.5 Å². The maximum absolute atomic E-state index is 11.1.